The summed E-state index contributed by atoms with van der Waals surface area (Å²) < 4.78 is 45.0. The molecular weight excluding hydrogens is 287 g/mol. The molecule has 0 amide bonds. The zero-order chi connectivity index (χ0) is 15.5. The standard InChI is InChI=1S/C14H10F3NO3/c1-20-13(19)12-8-10(5-6-18-12)9-3-2-4-11(7-9)21-14(15,16)17/h2-8H,1H3. The van der Waals surface area contributed by atoms with E-state index in [9.17, 15) is 18.0 Å². The van der Waals surface area contributed by atoms with Crippen LogP contribution in [-0.2, 0) is 4.74 Å². The molecule has 0 radical (unpaired) electrons. The second kappa shape index (κ2) is 5.82. The zero-order valence-electron chi connectivity index (χ0n) is 10.8. The first-order valence-electron chi connectivity index (χ1n) is 5.79. The van der Waals surface area contributed by atoms with E-state index in [0.29, 0.717) is 11.1 Å². The van der Waals surface area contributed by atoms with Crippen molar-refractivity contribution < 1.29 is 27.4 Å². The Morgan fingerprint density at radius 3 is 2.52 bits per heavy atom. The summed E-state index contributed by atoms with van der Waals surface area (Å²) in [7, 11) is 1.22. The Labute approximate surface area is 118 Å². The van der Waals surface area contributed by atoms with Crippen LogP contribution >= 0.6 is 0 Å². The number of halogens is 3. The van der Waals surface area contributed by atoms with Gasteiger partial charge in [0.1, 0.15) is 11.4 Å². The van der Waals surface area contributed by atoms with Gasteiger partial charge in [0, 0.05) is 6.20 Å². The topological polar surface area (TPSA) is 48.4 Å². The molecule has 1 aromatic carbocycles. The van der Waals surface area contributed by atoms with Crippen LogP contribution in [-0.4, -0.2) is 24.4 Å². The van der Waals surface area contributed by atoms with Gasteiger partial charge in [-0.1, -0.05) is 12.1 Å². The maximum Gasteiger partial charge on any atom is 0.573 e. The molecule has 0 N–H and O–H groups in total. The minimum atomic E-state index is -4.76. The number of pyridine rings is 1. The van der Waals surface area contributed by atoms with Crippen molar-refractivity contribution in [3.63, 3.8) is 0 Å². The maximum atomic E-state index is 12.2. The number of rotatable bonds is 3. The van der Waals surface area contributed by atoms with Crippen LogP contribution in [0.3, 0.4) is 0 Å². The van der Waals surface area contributed by atoms with Gasteiger partial charge < -0.3 is 9.47 Å². The number of esters is 1. The molecule has 2 rings (SSSR count). The van der Waals surface area contributed by atoms with Crippen LogP contribution in [0, 0.1) is 0 Å². The molecule has 0 saturated heterocycles. The van der Waals surface area contributed by atoms with Gasteiger partial charge in [-0.3, -0.25) is 0 Å². The molecule has 0 fully saturated rings. The van der Waals surface area contributed by atoms with Crippen LogP contribution in [0.25, 0.3) is 11.1 Å². The molecule has 0 bridgehead atoms. The van der Waals surface area contributed by atoms with Crippen molar-refractivity contribution in [3.05, 3.63) is 48.3 Å². The van der Waals surface area contributed by atoms with Crippen molar-refractivity contribution in [2.45, 2.75) is 6.36 Å². The van der Waals surface area contributed by atoms with E-state index in [1.807, 2.05) is 0 Å². The Hall–Kier alpha value is -2.57. The van der Waals surface area contributed by atoms with Crippen LogP contribution in [0.2, 0.25) is 0 Å². The van der Waals surface area contributed by atoms with Crippen LogP contribution in [0.15, 0.2) is 42.6 Å². The van der Waals surface area contributed by atoms with E-state index in [-0.39, 0.29) is 11.4 Å². The van der Waals surface area contributed by atoms with Crippen LogP contribution in [0.4, 0.5) is 13.2 Å². The molecule has 21 heavy (non-hydrogen) atoms. The first-order valence-corrected chi connectivity index (χ1v) is 5.79. The Morgan fingerprint density at radius 1 is 1.14 bits per heavy atom. The molecule has 0 saturated carbocycles. The van der Waals surface area contributed by atoms with Crippen LogP contribution < -0.4 is 4.74 Å². The number of benzene rings is 1. The third-order valence-corrected chi connectivity index (χ3v) is 2.56. The average Bonchev–Trinajstić information content (AvgIpc) is 2.45. The molecule has 7 heteroatoms. The fraction of sp³-hybridized carbons (Fsp3) is 0.143. The van der Waals surface area contributed by atoms with E-state index in [1.54, 1.807) is 12.1 Å². The summed E-state index contributed by atoms with van der Waals surface area (Å²) in [5.74, 6) is -0.962. The molecular formula is C14H10F3NO3. The van der Waals surface area contributed by atoms with Crippen molar-refractivity contribution in [1.82, 2.24) is 4.98 Å². The van der Waals surface area contributed by atoms with Crippen molar-refractivity contribution in [1.29, 1.82) is 0 Å². The first-order chi connectivity index (χ1) is 9.89. The van der Waals surface area contributed by atoms with Crippen molar-refractivity contribution in [3.8, 4) is 16.9 Å². The minimum Gasteiger partial charge on any atom is -0.464 e. The molecule has 0 atom stereocenters. The second-order valence-electron chi connectivity index (χ2n) is 4.00. The highest BCUT2D eigenvalue weighted by Gasteiger charge is 2.31. The fourth-order valence-electron chi connectivity index (χ4n) is 1.70. The van der Waals surface area contributed by atoms with Gasteiger partial charge in [0.15, 0.2) is 0 Å². The quantitative estimate of drug-likeness (QED) is 0.814. The van der Waals surface area contributed by atoms with E-state index in [4.69, 9.17) is 0 Å². The summed E-state index contributed by atoms with van der Waals surface area (Å²) in [4.78, 5) is 15.2. The smallest absolute Gasteiger partial charge is 0.464 e. The number of ether oxygens (including phenoxy) is 2. The number of alkyl halides is 3. The highest BCUT2D eigenvalue weighted by atomic mass is 19.4. The average molecular weight is 297 g/mol. The van der Waals surface area contributed by atoms with Crippen LogP contribution in [0.1, 0.15) is 10.5 Å². The van der Waals surface area contributed by atoms with Gasteiger partial charge in [-0.25, -0.2) is 9.78 Å². The van der Waals surface area contributed by atoms with E-state index < -0.39 is 12.3 Å². The molecule has 1 aromatic heterocycles. The van der Waals surface area contributed by atoms with E-state index in [2.05, 4.69) is 14.5 Å². The van der Waals surface area contributed by atoms with Crippen LogP contribution in [0.5, 0.6) is 5.75 Å². The van der Waals surface area contributed by atoms with Gasteiger partial charge in [-0.2, -0.15) is 0 Å². The number of nitrogens with zero attached hydrogens (tertiary/aromatic N) is 1. The highest BCUT2D eigenvalue weighted by Crippen LogP contribution is 2.28. The lowest BCUT2D eigenvalue weighted by Gasteiger charge is -2.10. The molecule has 1 heterocycles. The molecule has 0 aliphatic heterocycles. The summed E-state index contributed by atoms with van der Waals surface area (Å²) in [6, 6.07) is 8.44. The third-order valence-electron chi connectivity index (χ3n) is 2.56. The number of aromatic nitrogens is 1. The Balaban J connectivity index is 2.34. The molecule has 0 unspecified atom stereocenters. The lowest BCUT2D eigenvalue weighted by Crippen LogP contribution is -2.17. The summed E-state index contributed by atoms with van der Waals surface area (Å²) in [5.41, 5.74) is 1.06. The van der Waals surface area contributed by atoms with Gasteiger partial charge in [0.05, 0.1) is 7.11 Å². The number of carbonyl (C=O) groups excluding carboxylic acids is 1. The summed E-state index contributed by atoms with van der Waals surface area (Å²) in [6.07, 6.45) is -3.38. The second-order valence-corrected chi connectivity index (χ2v) is 4.00. The summed E-state index contributed by atoms with van der Waals surface area (Å²) in [5, 5.41) is 0. The monoisotopic (exact) mass is 297 g/mol. The van der Waals surface area contributed by atoms with Gasteiger partial charge in [0.25, 0.3) is 0 Å². The number of hydrogen-bond acceptors (Lipinski definition) is 4. The normalized spacial score (nSPS) is 11.0. The molecule has 4 nitrogen and oxygen atoms in total. The molecule has 2 aromatic rings. The largest absolute Gasteiger partial charge is 0.573 e. The fourth-order valence-corrected chi connectivity index (χ4v) is 1.70. The Morgan fingerprint density at radius 2 is 1.86 bits per heavy atom. The predicted molar refractivity (Wildman–Crippen MR) is 67.7 cm³/mol. The van der Waals surface area contributed by atoms with Gasteiger partial charge >= 0.3 is 12.3 Å². The van der Waals surface area contributed by atoms with Gasteiger partial charge in [-0.05, 0) is 35.4 Å². The van der Waals surface area contributed by atoms with E-state index >= 15 is 0 Å². The van der Waals surface area contributed by atoms with Crippen molar-refractivity contribution in [2.75, 3.05) is 7.11 Å². The van der Waals surface area contributed by atoms with E-state index in [1.165, 1.54) is 37.6 Å². The van der Waals surface area contributed by atoms with E-state index in [0.717, 1.165) is 0 Å². The van der Waals surface area contributed by atoms with Crippen molar-refractivity contribution >= 4 is 5.97 Å². The number of hydrogen-bond donors (Lipinski definition) is 0. The Bertz CT molecular complexity index is 656. The lowest BCUT2D eigenvalue weighted by atomic mass is 10.1. The number of carbonyl (C=O) groups is 1. The van der Waals surface area contributed by atoms with Gasteiger partial charge in [0.2, 0.25) is 0 Å². The molecule has 0 aliphatic rings. The summed E-state index contributed by atoms with van der Waals surface area (Å²) >= 11 is 0. The first kappa shape index (κ1) is 14.8. The molecule has 0 aliphatic carbocycles. The number of methoxy groups -OCH3 is 1. The minimum absolute atomic E-state index is 0.0668. The third kappa shape index (κ3) is 3.95. The predicted octanol–water partition coefficient (Wildman–Crippen LogP) is 3.43. The SMILES string of the molecule is COC(=O)c1cc(-c2cccc(OC(F)(F)F)c2)ccn1. The maximum absolute atomic E-state index is 12.2. The molecule has 110 valence electrons. The summed E-state index contributed by atoms with van der Waals surface area (Å²) in [6.45, 7) is 0. The highest BCUT2D eigenvalue weighted by molar-refractivity contribution is 5.88. The Kier molecular flexibility index (Phi) is 4.11. The zero-order valence-corrected chi connectivity index (χ0v) is 10.8. The van der Waals surface area contributed by atoms with Gasteiger partial charge in [-0.15, -0.1) is 13.2 Å². The van der Waals surface area contributed by atoms with Crippen molar-refractivity contribution in [2.24, 2.45) is 0 Å². The molecule has 0 spiro atoms. The lowest BCUT2D eigenvalue weighted by molar-refractivity contribution is -0.274.